The minimum atomic E-state index is -0.222. The van der Waals surface area contributed by atoms with Crippen LogP contribution in [0.2, 0.25) is 0 Å². The molecule has 1 fully saturated rings. The average Bonchev–Trinajstić information content (AvgIpc) is 2.85. The van der Waals surface area contributed by atoms with E-state index in [0.717, 1.165) is 13.0 Å². The fourth-order valence-electron chi connectivity index (χ4n) is 1.66. The van der Waals surface area contributed by atoms with Gasteiger partial charge in [0.15, 0.2) is 0 Å². The van der Waals surface area contributed by atoms with Gasteiger partial charge in [-0.1, -0.05) is 0 Å². The van der Waals surface area contributed by atoms with Crippen LogP contribution in [-0.2, 0) is 4.79 Å². The molecule has 0 aromatic carbocycles. The van der Waals surface area contributed by atoms with E-state index < -0.39 is 0 Å². The van der Waals surface area contributed by atoms with Crippen molar-refractivity contribution in [2.24, 2.45) is 0 Å². The molecule has 104 valence electrons. The van der Waals surface area contributed by atoms with E-state index in [9.17, 15) is 4.79 Å². The highest BCUT2D eigenvalue weighted by Crippen LogP contribution is 2.15. The topological polar surface area (TPSA) is 32.3 Å². The minimum absolute atomic E-state index is 0.222. The standard InChI is InChI=1S/C18H15N2O/c1-17(21)19-15-11-9-7-5-3-4-6-8-10-13-18-14-12-16-20(18)2/h13,18H,12,14,16H2,1-2H3,(H,19,21)/q-1. The molecule has 1 unspecified atom stereocenters. The van der Waals surface area contributed by atoms with Crippen molar-refractivity contribution >= 4 is 5.91 Å². The van der Waals surface area contributed by atoms with Gasteiger partial charge in [0.1, 0.15) is 0 Å². The second kappa shape index (κ2) is 9.96. The Morgan fingerprint density at radius 2 is 1.71 bits per heavy atom. The summed E-state index contributed by atoms with van der Waals surface area (Å²) in [5.41, 5.74) is 0. The summed E-state index contributed by atoms with van der Waals surface area (Å²) in [6.07, 6.45) is 4.36. The molecule has 0 spiro atoms. The average molecular weight is 275 g/mol. The zero-order valence-electron chi connectivity index (χ0n) is 12.1. The lowest BCUT2D eigenvalue weighted by Gasteiger charge is -2.20. The van der Waals surface area contributed by atoms with Crippen LogP contribution in [0.15, 0.2) is 0 Å². The van der Waals surface area contributed by atoms with Crippen LogP contribution in [0.1, 0.15) is 19.8 Å². The molecule has 1 amide bonds. The summed E-state index contributed by atoms with van der Waals surface area (Å²) in [5, 5.41) is 2.29. The molecule has 1 atom stereocenters. The molecule has 3 nitrogen and oxygen atoms in total. The van der Waals surface area contributed by atoms with Crippen molar-refractivity contribution < 1.29 is 4.79 Å². The lowest BCUT2D eigenvalue weighted by Crippen LogP contribution is -2.24. The van der Waals surface area contributed by atoms with Crippen LogP contribution in [0, 0.1) is 65.7 Å². The van der Waals surface area contributed by atoms with Gasteiger partial charge in [-0.05, 0) is 50.2 Å². The Morgan fingerprint density at radius 3 is 2.29 bits per heavy atom. The quantitative estimate of drug-likeness (QED) is 0.427. The Balaban J connectivity index is 2.30. The van der Waals surface area contributed by atoms with Gasteiger partial charge < -0.3 is 4.90 Å². The minimum Gasteiger partial charge on any atom is -0.316 e. The van der Waals surface area contributed by atoms with Crippen LogP contribution in [0.5, 0.6) is 0 Å². The maximum Gasteiger partial charge on any atom is 0.228 e. The summed E-state index contributed by atoms with van der Waals surface area (Å²) in [6, 6.07) is 2.82. The maximum atomic E-state index is 10.5. The van der Waals surface area contributed by atoms with E-state index >= 15 is 0 Å². The fraction of sp³-hybridized carbons (Fsp3) is 0.333. The van der Waals surface area contributed by atoms with Gasteiger partial charge in [0.2, 0.25) is 5.91 Å². The monoisotopic (exact) mass is 275 g/mol. The molecule has 1 saturated heterocycles. The van der Waals surface area contributed by atoms with Gasteiger partial charge in [0.25, 0.3) is 0 Å². The van der Waals surface area contributed by atoms with Crippen LogP contribution < -0.4 is 5.32 Å². The first-order chi connectivity index (χ1) is 10.2. The van der Waals surface area contributed by atoms with Crippen LogP contribution in [0.3, 0.4) is 0 Å². The van der Waals surface area contributed by atoms with Crippen molar-refractivity contribution in [3.8, 4) is 59.3 Å². The molecule has 1 aliphatic heterocycles. The van der Waals surface area contributed by atoms with Crippen molar-refractivity contribution in [3.05, 3.63) is 6.42 Å². The van der Waals surface area contributed by atoms with Gasteiger partial charge in [-0.25, -0.2) is 5.92 Å². The zero-order chi connectivity index (χ0) is 15.3. The molecule has 1 N–H and O–H groups in total. The molecule has 0 aromatic rings. The Bertz CT molecular complexity index is 678. The SMILES string of the molecule is CC(=O)NC#CC#CC#CC#CC#C[CH-]C1CCCN1C. The number of nitrogens with one attached hydrogen (secondary N) is 1. The first-order valence-electron chi connectivity index (χ1n) is 6.51. The molecular weight excluding hydrogens is 260 g/mol. The molecule has 0 saturated carbocycles. The predicted octanol–water partition coefficient (Wildman–Crippen LogP) is 0.395. The third kappa shape index (κ3) is 7.98. The van der Waals surface area contributed by atoms with Gasteiger partial charge >= 0.3 is 0 Å². The first kappa shape index (κ1) is 16.2. The van der Waals surface area contributed by atoms with Crippen molar-refractivity contribution in [1.82, 2.24) is 10.2 Å². The summed E-state index contributed by atoms with van der Waals surface area (Å²) in [6.45, 7) is 2.50. The number of hydrogen-bond donors (Lipinski definition) is 1. The molecule has 0 bridgehead atoms. The number of rotatable bonds is 1. The molecule has 3 heteroatoms. The molecular formula is C18H15N2O-. The lowest BCUT2D eigenvalue weighted by molar-refractivity contribution is -0.117. The molecule has 21 heavy (non-hydrogen) atoms. The van der Waals surface area contributed by atoms with E-state index in [1.807, 2.05) is 6.42 Å². The van der Waals surface area contributed by atoms with Gasteiger partial charge in [-0.2, -0.15) is 6.42 Å². The zero-order valence-corrected chi connectivity index (χ0v) is 12.1. The van der Waals surface area contributed by atoms with Crippen molar-refractivity contribution in [2.75, 3.05) is 13.6 Å². The number of carbonyl (C=O) groups excluding carboxylic acids is 1. The molecule has 0 aliphatic carbocycles. The van der Waals surface area contributed by atoms with E-state index in [1.165, 1.54) is 13.3 Å². The summed E-state index contributed by atoms with van der Waals surface area (Å²) in [4.78, 5) is 12.8. The van der Waals surface area contributed by atoms with Gasteiger partial charge in [0.05, 0.1) is 0 Å². The van der Waals surface area contributed by atoms with E-state index in [2.05, 4.69) is 76.6 Å². The van der Waals surface area contributed by atoms with Crippen molar-refractivity contribution in [2.45, 2.75) is 25.8 Å². The number of hydrogen-bond acceptors (Lipinski definition) is 2. The number of amides is 1. The van der Waals surface area contributed by atoms with Crippen LogP contribution >= 0.6 is 0 Å². The fourth-order valence-corrected chi connectivity index (χ4v) is 1.66. The number of carbonyl (C=O) groups is 1. The van der Waals surface area contributed by atoms with Crippen LogP contribution in [0.25, 0.3) is 0 Å². The van der Waals surface area contributed by atoms with E-state index in [0.29, 0.717) is 6.04 Å². The van der Waals surface area contributed by atoms with E-state index in [4.69, 9.17) is 0 Å². The highest BCUT2D eigenvalue weighted by molar-refractivity contribution is 5.74. The Morgan fingerprint density at radius 1 is 1.10 bits per heavy atom. The Hall–Kier alpha value is -2.90. The molecule has 1 rings (SSSR count). The first-order valence-corrected chi connectivity index (χ1v) is 6.51. The summed E-state index contributed by atoms with van der Waals surface area (Å²) in [7, 11) is 2.10. The van der Waals surface area contributed by atoms with Crippen LogP contribution in [0.4, 0.5) is 0 Å². The molecule has 1 aliphatic rings. The van der Waals surface area contributed by atoms with E-state index in [-0.39, 0.29) is 5.91 Å². The van der Waals surface area contributed by atoms with Crippen molar-refractivity contribution in [1.29, 1.82) is 0 Å². The lowest BCUT2D eigenvalue weighted by atomic mass is 10.1. The Kier molecular flexibility index (Phi) is 7.66. The molecule has 0 radical (unpaired) electrons. The third-order valence-corrected chi connectivity index (χ3v) is 2.66. The van der Waals surface area contributed by atoms with Gasteiger partial charge in [0, 0.05) is 30.7 Å². The second-order valence-electron chi connectivity index (χ2n) is 4.31. The Labute approximate surface area is 126 Å². The summed E-state index contributed by atoms with van der Waals surface area (Å²) >= 11 is 0. The van der Waals surface area contributed by atoms with Crippen molar-refractivity contribution in [3.63, 3.8) is 0 Å². The second-order valence-corrected chi connectivity index (χ2v) is 4.31. The smallest absolute Gasteiger partial charge is 0.228 e. The largest absolute Gasteiger partial charge is 0.316 e. The van der Waals surface area contributed by atoms with E-state index in [1.54, 1.807) is 0 Å². The molecule has 0 aromatic heterocycles. The highest BCUT2D eigenvalue weighted by atomic mass is 16.1. The highest BCUT2D eigenvalue weighted by Gasteiger charge is 2.15. The molecule has 1 heterocycles. The predicted molar refractivity (Wildman–Crippen MR) is 82.6 cm³/mol. The summed E-state index contributed by atoms with van der Waals surface area (Å²) in [5.74, 6) is 23.2. The number of nitrogens with zero attached hydrogens (tertiary/aromatic N) is 1. The third-order valence-electron chi connectivity index (χ3n) is 2.66. The normalized spacial score (nSPS) is 15.0. The summed E-state index contributed by atoms with van der Waals surface area (Å²) < 4.78 is 0. The van der Waals surface area contributed by atoms with Gasteiger partial charge in [-0.15, -0.1) is 5.92 Å². The number of likely N-dealkylation sites (tertiary alicyclic amines) is 1. The van der Waals surface area contributed by atoms with Crippen LogP contribution in [-0.4, -0.2) is 30.4 Å². The maximum absolute atomic E-state index is 10.5. The van der Waals surface area contributed by atoms with Gasteiger partial charge in [-0.3, -0.25) is 16.0 Å².